The molecule has 0 saturated heterocycles. The largest absolute Gasteiger partial charge is 0.497 e. The third-order valence-electron chi connectivity index (χ3n) is 6.25. The molecular formula is C24H40F3N3O3. The lowest BCUT2D eigenvalue weighted by molar-refractivity contribution is -0.247. The summed E-state index contributed by atoms with van der Waals surface area (Å²) in [6, 6.07) is 0.365. The second-order valence-electron chi connectivity index (χ2n) is 9.22. The molecule has 2 N–H and O–H groups in total. The molecule has 1 heterocycles. The number of carbonyl (C=O) groups is 1. The standard InChI is InChI=1S/C14H22F3N3.C10H18O3/c1-3-10-5-6-11(20-10)12(18-2)19-9-13(7-4-8-13)14(15,16)17;1-6-8(2)13-7-10(3,4)9(11)12-5/h6,10,20H,3-5,7-9H2,1-2H3,(H,18,19);6H,7H2,1-5H3/b;8-6+. The lowest BCUT2D eigenvalue weighted by Gasteiger charge is -2.43. The van der Waals surface area contributed by atoms with E-state index in [-0.39, 0.29) is 25.4 Å². The Hall–Kier alpha value is -2.19. The summed E-state index contributed by atoms with van der Waals surface area (Å²) < 4.78 is 49.3. The van der Waals surface area contributed by atoms with Crippen LogP contribution in [0.2, 0.25) is 0 Å². The van der Waals surface area contributed by atoms with Crippen molar-refractivity contribution in [3.63, 3.8) is 0 Å². The molecular weight excluding hydrogens is 435 g/mol. The molecule has 2 aliphatic rings. The lowest BCUT2D eigenvalue weighted by Crippen LogP contribution is -2.52. The van der Waals surface area contributed by atoms with Gasteiger partial charge in [0, 0.05) is 19.6 Å². The summed E-state index contributed by atoms with van der Waals surface area (Å²) in [7, 11) is 2.98. The number of allylic oxidation sites excluding steroid dienone is 2. The minimum absolute atomic E-state index is 0.0843. The van der Waals surface area contributed by atoms with Gasteiger partial charge in [0.25, 0.3) is 0 Å². The van der Waals surface area contributed by atoms with E-state index in [4.69, 9.17) is 4.74 Å². The van der Waals surface area contributed by atoms with Crippen molar-refractivity contribution in [1.29, 1.82) is 0 Å². The number of hydrogen-bond donors (Lipinski definition) is 2. The van der Waals surface area contributed by atoms with Crippen LogP contribution >= 0.6 is 0 Å². The maximum Gasteiger partial charge on any atom is 0.396 e. The van der Waals surface area contributed by atoms with Crippen LogP contribution in [0.1, 0.15) is 66.7 Å². The first-order valence-electron chi connectivity index (χ1n) is 11.4. The van der Waals surface area contributed by atoms with Crippen LogP contribution in [0.5, 0.6) is 0 Å². The zero-order valence-corrected chi connectivity index (χ0v) is 21.0. The Bertz CT molecular complexity index is 739. The predicted molar refractivity (Wildman–Crippen MR) is 125 cm³/mol. The number of amidine groups is 1. The summed E-state index contributed by atoms with van der Waals surface area (Å²) in [5.74, 6) is 1.10. The molecule has 1 fully saturated rings. The van der Waals surface area contributed by atoms with E-state index in [1.165, 1.54) is 7.11 Å². The van der Waals surface area contributed by atoms with E-state index in [1.807, 2.05) is 26.0 Å². The Morgan fingerprint density at radius 3 is 2.39 bits per heavy atom. The molecule has 1 aliphatic carbocycles. The minimum Gasteiger partial charge on any atom is -0.497 e. The van der Waals surface area contributed by atoms with Gasteiger partial charge in [-0.1, -0.05) is 25.5 Å². The Labute approximate surface area is 196 Å². The maximum absolute atomic E-state index is 13.1. The fourth-order valence-electron chi connectivity index (χ4n) is 3.46. The molecule has 0 aromatic carbocycles. The van der Waals surface area contributed by atoms with Gasteiger partial charge in [-0.25, -0.2) is 0 Å². The molecule has 33 heavy (non-hydrogen) atoms. The maximum atomic E-state index is 13.1. The number of nitrogens with zero attached hydrogens (tertiary/aromatic N) is 1. The predicted octanol–water partition coefficient (Wildman–Crippen LogP) is 5.12. The Kier molecular flexibility index (Phi) is 10.8. The molecule has 2 rings (SSSR count). The third kappa shape index (κ3) is 7.96. The monoisotopic (exact) mass is 475 g/mol. The normalized spacial score (nSPS) is 20.5. The van der Waals surface area contributed by atoms with Crippen molar-refractivity contribution in [1.82, 2.24) is 10.6 Å². The first kappa shape index (κ1) is 28.8. The van der Waals surface area contributed by atoms with Gasteiger partial charge in [-0.2, -0.15) is 13.2 Å². The van der Waals surface area contributed by atoms with Gasteiger partial charge in [-0.15, -0.1) is 0 Å². The van der Waals surface area contributed by atoms with E-state index < -0.39 is 17.0 Å². The molecule has 0 spiro atoms. The number of halogens is 3. The van der Waals surface area contributed by atoms with Crippen molar-refractivity contribution in [3.05, 3.63) is 23.6 Å². The van der Waals surface area contributed by atoms with E-state index in [9.17, 15) is 18.0 Å². The highest BCUT2D eigenvalue weighted by Gasteiger charge is 2.58. The SMILES string of the molecule is C/C=C(\C)OCC(C)(C)C(=O)OC.CCC1CC=C(C(=NC)NCC2(C(F)(F)F)CCC2)N1. The first-order chi connectivity index (χ1) is 15.4. The Morgan fingerprint density at radius 2 is 2.00 bits per heavy atom. The number of hydrogen-bond acceptors (Lipinski definition) is 5. The van der Waals surface area contributed by atoms with Crippen molar-refractivity contribution in [2.45, 2.75) is 78.9 Å². The average Bonchev–Trinajstić information content (AvgIpc) is 3.21. The van der Waals surface area contributed by atoms with Crippen molar-refractivity contribution in [2.24, 2.45) is 15.8 Å². The zero-order chi connectivity index (χ0) is 25.3. The molecule has 0 radical (unpaired) electrons. The number of esters is 1. The minimum atomic E-state index is -4.14. The van der Waals surface area contributed by atoms with Gasteiger partial charge in [-0.05, 0) is 53.4 Å². The van der Waals surface area contributed by atoms with E-state index in [2.05, 4.69) is 27.3 Å². The fourth-order valence-corrected chi connectivity index (χ4v) is 3.46. The molecule has 0 aromatic heterocycles. The smallest absolute Gasteiger partial charge is 0.396 e. The number of alkyl halides is 3. The highest BCUT2D eigenvalue weighted by atomic mass is 19.4. The van der Waals surface area contributed by atoms with Crippen LogP contribution < -0.4 is 10.6 Å². The van der Waals surface area contributed by atoms with E-state index in [1.54, 1.807) is 20.9 Å². The van der Waals surface area contributed by atoms with Crippen LogP contribution in [-0.4, -0.2) is 51.3 Å². The van der Waals surface area contributed by atoms with E-state index in [0.717, 1.165) is 24.3 Å². The van der Waals surface area contributed by atoms with Gasteiger partial charge in [0.05, 0.1) is 29.4 Å². The van der Waals surface area contributed by atoms with E-state index in [0.29, 0.717) is 24.9 Å². The van der Waals surface area contributed by atoms with E-state index >= 15 is 0 Å². The van der Waals surface area contributed by atoms with Crippen LogP contribution in [0.25, 0.3) is 0 Å². The molecule has 1 atom stereocenters. The number of ether oxygens (including phenoxy) is 2. The molecule has 0 amide bonds. The quantitative estimate of drug-likeness (QED) is 0.221. The van der Waals surface area contributed by atoms with Gasteiger partial charge < -0.3 is 20.1 Å². The van der Waals surface area contributed by atoms with Crippen molar-refractivity contribution < 1.29 is 27.4 Å². The highest BCUT2D eigenvalue weighted by Crippen LogP contribution is 2.52. The summed E-state index contributed by atoms with van der Waals surface area (Å²) in [6.45, 7) is 9.67. The number of rotatable bonds is 8. The van der Waals surface area contributed by atoms with Crippen LogP contribution in [0, 0.1) is 10.8 Å². The fraction of sp³-hybridized carbons (Fsp3) is 0.750. The van der Waals surface area contributed by atoms with Crippen LogP contribution in [0.4, 0.5) is 13.2 Å². The van der Waals surface area contributed by atoms with Gasteiger partial charge in [0.1, 0.15) is 12.4 Å². The highest BCUT2D eigenvalue weighted by molar-refractivity contribution is 5.98. The first-order valence-corrected chi connectivity index (χ1v) is 11.4. The summed E-state index contributed by atoms with van der Waals surface area (Å²) in [4.78, 5) is 15.3. The molecule has 0 bridgehead atoms. The topological polar surface area (TPSA) is 72.0 Å². The molecule has 190 valence electrons. The Morgan fingerprint density at radius 1 is 1.36 bits per heavy atom. The second-order valence-corrected chi connectivity index (χ2v) is 9.22. The van der Waals surface area contributed by atoms with Crippen LogP contribution in [-0.2, 0) is 14.3 Å². The van der Waals surface area contributed by atoms with Crippen molar-refractivity contribution in [3.8, 4) is 0 Å². The summed E-state index contributed by atoms with van der Waals surface area (Å²) in [6.07, 6.45) is 2.69. The second kappa shape index (κ2) is 12.3. The molecule has 0 aromatic rings. The lowest BCUT2D eigenvalue weighted by atomic mass is 9.68. The van der Waals surface area contributed by atoms with Gasteiger partial charge >= 0.3 is 12.1 Å². The number of aliphatic imine (C=N–C) groups is 1. The summed E-state index contributed by atoms with van der Waals surface area (Å²) >= 11 is 0. The van der Waals surface area contributed by atoms with Crippen LogP contribution in [0.15, 0.2) is 28.6 Å². The number of carbonyl (C=O) groups excluding carboxylic acids is 1. The summed E-state index contributed by atoms with van der Waals surface area (Å²) in [5, 5.41) is 6.19. The third-order valence-corrected chi connectivity index (χ3v) is 6.25. The van der Waals surface area contributed by atoms with Gasteiger partial charge in [0.2, 0.25) is 0 Å². The number of nitrogens with one attached hydrogen (secondary N) is 2. The van der Waals surface area contributed by atoms with Crippen molar-refractivity contribution in [2.75, 3.05) is 27.3 Å². The van der Waals surface area contributed by atoms with Crippen LogP contribution in [0.3, 0.4) is 0 Å². The molecule has 1 saturated carbocycles. The Balaban J connectivity index is 0.000000366. The molecule has 9 heteroatoms. The zero-order valence-electron chi connectivity index (χ0n) is 21.0. The number of methoxy groups -OCH3 is 1. The molecule has 1 unspecified atom stereocenters. The summed E-state index contributed by atoms with van der Waals surface area (Å²) in [5.41, 5.74) is -1.32. The van der Waals surface area contributed by atoms with Gasteiger partial charge in [0.15, 0.2) is 0 Å². The van der Waals surface area contributed by atoms with Crippen molar-refractivity contribution >= 4 is 11.8 Å². The van der Waals surface area contributed by atoms with Gasteiger partial charge in [-0.3, -0.25) is 9.79 Å². The molecule has 6 nitrogen and oxygen atoms in total. The molecule has 1 aliphatic heterocycles. The average molecular weight is 476 g/mol.